The predicted molar refractivity (Wildman–Crippen MR) is 86.1 cm³/mol. The highest BCUT2D eigenvalue weighted by molar-refractivity contribution is 6.34. The van der Waals surface area contributed by atoms with Crippen LogP contribution in [0.3, 0.4) is 0 Å². The Morgan fingerprint density at radius 1 is 0.773 bits per heavy atom. The average molecular weight is 316 g/mol. The van der Waals surface area contributed by atoms with E-state index in [1.807, 2.05) is 12.1 Å². The molecule has 4 heteroatoms. The fraction of sp³-hybridized carbons (Fsp3) is 0.444. The van der Waals surface area contributed by atoms with Crippen LogP contribution < -0.4 is 4.90 Å². The Bertz CT molecular complexity index is 692. The Hall–Kier alpha value is -1.61. The number of carbonyl (C=O) groups is 2. The van der Waals surface area contributed by atoms with Crippen LogP contribution in [0.2, 0.25) is 5.02 Å². The van der Waals surface area contributed by atoms with Crippen molar-refractivity contribution in [1.29, 1.82) is 0 Å². The van der Waals surface area contributed by atoms with Gasteiger partial charge in [0.2, 0.25) is 0 Å². The first-order valence-corrected chi connectivity index (χ1v) is 8.47. The number of halogens is 1. The summed E-state index contributed by atoms with van der Waals surface area (Å²) < 4.78 is 0. The van der Waals surface area contributed by atoms with Crippen LogP contribution in [-0.2, 0) is 22.4 Å². The Morgan fingerprint density at radius 3 is 1.95 bits per heavy atom. The molecule has 0 unspecified atom stereocenters. The summed E-state index contributed by atoms with van der Waals surface area (Å²) in [7, 11) is 0. The van der Waals surface area contributed by atoms with E-state index in [9.17, 15) is 9.59 Å². The van der Waals surface area contributed by atoms with Gasteiger partial charge >= 0.3 is 0 Å². The molecule has 0 atom stereocenters. The summed E-state index contributed by atoms with van der Waals surface area (Å²) in [4.78, 5) is 26.9. The topological polar surface area (TPSA) is 37.4 Å². The fourth-order valence-corrected chi connectivity index (χ4v) is 4.24. The van der Waals surface area contributed by atoms with E-state index in [1.165, 1.54) is 4.90 Å². The number of nitrogens with zero attached hydrogens (tertiary/aromatic N) is 1. The van der Waals surface area contributed by atoms with Crippen LogP contribution in [0.15, 0.2) is 23.3 Å². The zero-order valence-corrected chi connectivity index (χ0v) is 13.2. The molecule has 0 saturated carbocycles. The molecule has 0 saturated heterocycles. The van der Waals surface area contributed by atoms with Gasteiger partial charge in [-0.3, -0.25) is 9.59 Å². The quantitative estimate of drug-likeness (QED) is 0.736. The second kappa shape index (κ2) is 5.24. The van der Waals surface area contributed by atoms with E-state index in [0.717, 1.165) is 84.3 Å². The van der Waals surface area contributed by atoms with E-state index in [2.05, 4.69) is 0 Å². The maximum absolute atomic E-state index is 12.7. The van der Waals surface area contributed by atoms with Crippen LogP contribution in [0.5, 0.6) is 0 Å². The number of amides is 2. The van der Waals surface area contributed by atoms with E-state index >= 15 is 0 Å². The maximum atomic E-state index is 12.7. The highest BCUT2D eigenvalue weighted by Gasteiger charge is 2.40. The molecule has 3 nitrogen and oxygen atoms in total. The Labute approximate surface area is 134 Å². The summed E-state index contributed by atoms with van der Waals surface area (Å²) in [6.07, 6.45) is 7.53. The number of anilines is 1. The Balaban J connectivity index is 1.81. The van der Waals surface area contributed by atoms with E-state index in [-0.39, 0.29) is 11.8 Å². The molecule has 0 bridgehead atoms. The van der Waals surface area contributed by atoms with Gasteiger partial charge in [0, 0.05) is 16.2 Å². The molecule has 0 spiro atoms. The Morgan fingerprint density at radius 2 is 1.32 bits per heavy atom. The van der Waals surface area contributed by atoms with Crippen LogP contribution in [0, 0.1) is 0 Å². The van der Waals surface area contributed by atoms with Crippen molar-refractivity contribution < 1.29 is 9.59 Å². The fourth-order valence-electron chi connectivity index (χ4n) is 3.97. The smallest absolute Gasteiger partial charge is 0.261 e. The van der Waals surface area contributed by atoms with Gasteiger partial charge in [0.1, 0.15) is 0 Å². The van der Waals surface area contributed by atoms with Crippen molar-refractivity contribution in [1.82, 2.24) is 0 Å². The van der Waals surface area contributed by atoms with Crippen molar-refractivity contribution in [3.05, 3.63) is 39.4 Å². The minimum absolute atomic E-state index is 0.102. The van der Waals surface area contributed by atoms with Crippen LogP contribution >= 0.6 is 11.6 Å². The number of carbonyl (C=O) groups excluding carboxylic acids is 2. The molecule has 22 heavy (non-hydrogen) atoms. The van der Waals surface area contributed by atoms with Gasteiger partial charge in [0.15, 0.2) is 0 Å². The normalized spacial score (nSPS) is 21.2. The predicted octanol–water partition coefficient (Wildman–Crippen LogP) is 3.96. The monoisotopic (exact) mass is 315 g/mol. The maximum Gasteiger partial charge on any atom is 0.261 e. The van der Waals surface area contributed by atoms with Gasteiger partial charge in [-0.15, -0.1) is 0 Å². The lowest BCUT2D eigenvalue weighted by molar-refractivity contribution is -0.120. The van der Waals surface area contributed by atoms with Crippen LogP contribution in [-0.4, -0.2) is 11.8 Å². The van der Waals surface area contributed by atoms with Gasteiger partial charge in [-0.05, 0) is 74.6 Å². The number of hydrogen-bond acceptors (Lipinski definition) is 2. The highest BCUT2D eigenvalue weighted by atomic mass is 35.5. The van der Waals surface area contributed by atoms with E-state index < -0.39 is 0 Å². The third kappa shape index (κ3) is 1.95. The summed E-state index contributed by atoms with van der Waals surface area (Å²) in [6, 6.07) is 3.68. The van der Waals surface area contributed by atoms with Gasteiger partial charge < -0.3 is 0 Å². The molecule has 0 aromatic heterocycles. The minimum atomic E-state index is -0.102. The van der Waals surface area contributed by atoms with Crippen LogP contribution in [0.25, 0.3) is 0 Å². The summed E-state index contributed by atoms with van der Waals surface area (Å²) >= 11 is 6.32. The van der Waals surface area contributed by atoms with Crippen molar-refractivity contribution >= 4 is 29.1 Å². The first kappa shape index (κ1) is 14.0. The number of rotatable bonds is 1. The van der Waals surface area contributed by atoms with Gasteiger partial charge in [-0.1, -0.05) is 11.6 Å². The second-order valence-corrected chi connectivity index (χ2v) is 6.75. The number of imide groups is 1. The molecule has 4 rings (SSSR count). The summed E-state index contributed by atoms with van der Waals surface area (Å²) in [5, 5.41) is 0.760. The average Bonchev–Trinajstić information content (AvgIpc) is 2.81. The highest BCUT2D eigenvalue weighted by Crippen LogP contribution is 2.40. The lowest BCUT2D eigenvalue weighted by Crippen LogP contribution is -2.33. The number of fused-ring (bicyclic) bond motifs is 1. The first-order chi connectivity index (χ1) is 10.7. The SMILES string of the molecule is O=C1C2=C(CCCC2)C(=O)N1c1ccc(Cl)c2c1CCCC2. The van der Waals surface area contributed by atoms with Crippen LogP contribution in [0.1, 0.15) is 49.7 Å². The van der Waals surface area contributed by atoms with Gasteiger partial charge in [-0.2, -0.15) is 0 Å². The van der Waals surface area contributed by atoms with Gasteiger partial charge in [0.05, 0.1) is 5.69 Å². The molecule has 0 N–H and O–H groups in total. The third-order valence-corrected chi connectivity index (χ3v) is 5.44. The minimum Gasteiger partial charge on any atom is -0.269 e. The Kier molecular flexibility index (Phi) is 3.33. The van der Waals surface area contributed by atoms with Crippen molar-refractivity contribution in [2.45, 2.75) is 51.4 Å². The molecule has 1 heterocycles. The molecule has 1 aromatic rings. The molecule has 2 amide bonds. The molecule has 0 fully saturated rings. The van der Waals surface area contributed by atoms with Crippen molar-refractivity contribution in [2.75, 3.05) is 4.90 Å². The third-order valence-electron chi connectivity index (χ3n) is 5.08. The molecule has 1 aliphatic heterocycles. The van der Waals surface area contributed by atoms with Gasteiger partial charge in [0.25, 0.3) is 11.8 Å². The van der Waals surface area contributed by atoms with E-state index in [0.29, 0.717) is 0 Å². The molecular formula is C18H18ClNO2. The second-order valence-electron chi connectivity index (χ2n) is 6.34. The number of benzene rings is 1. The summed E-state index contributed by atoms with van der Waals surface area (Å²) in [5.41, 5.74) is 4.48. The molecule has 3 aliphatic rings. The molecular weight excluding hydrogens is 298 g/mol. The van der Waals surface area contributed by atoms with Crippen molar-refractivity contribution in [2.24, 2.45) is 0 Å². The molecule has 0 radical (unpaired) electrons. The number of hydrogen-bond donors (Lipinski definition) is 0. The van der Waals surface area contributed by atoms with Crippen LogP contribution in [0.4, 0.5) is 5.69 Å². The summed E-state index contributed by atoms with van der Waals surface area (Å²) in [6.45, 7) is 0. The molecule has 2 aliphatic carbocycles. The lowest BCUT2D eigenvalue weighted by Gasteiger charge is -2.25. The van der Waals surface area contributed by atoms with Crippen molar-refractivity contribution in [3.8, 4) is 0 Å². The summed E-state index contributed by atoms with van der Waals surface area (Å²) in [5.74, 6) is -0.204. The zero-order chi connectivity index (χ0) is 15.3. The van der Waals surface area contributed by atoms with Gasteiger partial charge in [-0.25, -0.2) is 4.90 Å². The lowest BCUT2D eigenvalue weighted by atomic mass is 9.90. The van der Waals surface area contributed by atoms with E-state index in [1.54, 1.807) is 0 Å². The first-order valence-electron chi connectivity index (χ1n) is 8.09. The molecule has 1 aromatic carbocycles. The van der Waals surface area contributed by atoms with Crippen molar-refractivity contribution in [3.63, 3.8) is 0 Å². The molecule has 114 valence electrons. The zero-order valence-electron chi connectivity index (χ0n) is 12.5. The van der Waals surface area contributed by atoms with E-state index in [4.69, 9.17) is 11.6 Å². The standard InChI is InChI=1S/C18H18ClNO2/c19-15-9-10-16(12-6-2-1-5-11(12)15)20-17(21)13-7-3-4-8-14(13)18(20)22/h9-10H,1-8H2. The largest absolute Gasteiger partial charge is 0.269 e.